The monoisotopic (exact) mass is 268 g/mol. The second kappa shape index (κ2) is 6.86. The number of nitrogens with zero attached hydrogens (tertiary/aromatic N) is 3. The van der Waals surface area contributed by atoms with E-state index in [0.29, 0.717) is 19.4 Å². The van der Waals surface area contributed by atoms with Crippen molar-refractivity contribution in [2.75, 3.05) is 6.54 Å². The number of amides is 1. The van der Waals surface area contributed by atoms with E-state index in [-0.39, 0.29) is 18.9 Å². The van der Waals surface area contributed by atoms with Crippen LogP contribution in [0, 0.1) is 5.41 Å². The standard InChI is InChI=1S/C12H20N4O3/c1-3-12(4-2,11(18)19)7-14-10(17)5-6-16-9-13-8-15-16/h8-9H,3-7H2,1-2H3,(H,14,17)(H,18,19). The lowest BCUT2D eigenvalue weighted by Gasteiger charge is -2.26. The van der Waals surface area contributed by atoms with E-state index in [9.17, 15) is 14.7 Å². The topological polar surface area (TPSA) is 97.1 Å². The number of hydrogen-bond acceptors (Lipinski definition) is 4. The average Bonchev–Trinajstić information content (AvgIpc) is 2.91. The van der Waals surface area contributed by atoms with Crippen molar-refractivity contribution in [2.24, 2.45) is 5.41 Å². The summed E-state index contributed by atoms with van der Waals surface area (Å²) < 4.78 is 1.56. The van der Waals surface area contributed by atoms with Crippen LogP contribution in [0.4, 0.5) is 0 Å². The Morgan fingerprint density at radius 2 is 2.05 bits per heavy atom. The zero-order valence-corrected chi connectivity index (χ0v) is 11.3. The Bertz CT molecular complexity index is 413. The molecule has 0 saturated carbocycles. The molecule has 7 heteroatoms. The lowest BCUT2D eigenvalue weighted by atomic mass is 9.82. The maximum atomic E-state index is 11.7. The minimum absolute atomic E-state index is 0.158. The van der Waals surface area contributed by atoms with Crippen molar-refractivity contribution >= 4 is 11.9 Å². The third-order valence-corrected chi connectivity index (χ3v) is 3.47. The number of aryl methyl sites for hydroxylation is 1. The highest BCUT2D eigenvalue weighted by Crippen LogP contribution is 2.25. The van der Waals surface area contributed by atoms with Gasteiger partial charge in [0.05, 0.1) is 12.0 Å². The van der Waals surface area contributed by atoms with Gasteiger partial charge in [-0.2, -0.15) is 5.10 Å². The Hall–Kier alpha value is -1.92. The van der Waals surface area contributed by atoms with Crippen molar-refractivity contribution in [3.05, 3.63) is 12.7 Å². The maximum absolute atomic E-state index is 11.7. The molecule has 2 N–H and O–H groups in total. The van der Waals surface area contributed by atoms with Gasteiger partial charge in [0.1, 0.15) is 12.7 Å². The number of rotatable bonds is 8. The molecule has 1 heterocycles. The largest absolute Gasteiger partial charge is 0.481 e. The zero-order valence-electron chi connectivity index (χ0n) is 11.3. The summed E-state index contributed by atoms with van der Waals surface area (Å²) in [7, 11) is 0. The molecule has 0 aliphatic heterocycles. The number of nitrogens with one attached hydrogen (secondary N) is 1. The van der Waals surface area contributed by atoms with Gasteiger partial charge in [0.15, 0.2) is 0 Å². The fraction of sp³-hybridized carbons (Fsp3) is 0.667. The molecule has 0 aliphatic carbocycles. The van der Waals surface area contributed by atoms with Crippen LogP contribution in [0.3, 0.4) is 0 Å². The van der Waals surface area contributed by atoms with Gasteiger partial charge in [-0.25, -0.2) is 4.98 Å². The van der Waals surface area contributed by atoms with Crippen LogP contribution in [0.15, 0.2) is 12.7 Å². The lowest BCUT2D eigenvalue weighted by Crippen LogP contribution is -2.42. The summed E-state index contributed by atoms with van der Waals surface area (Å²) >= 11 is 0. The third-order valence-electron chi connectivity index (χ3n) is 3.47. The molecule has 106 valence electrons. The molecule has 1 amide bonds. The molecule has 0 aromatic carbocycles. The minimum Gasteiger partial charge on any atom is -0.481 e. The highest BCUT2D eigenvalue weighted by molar-refractivity contribution is 5.78. The number of carbonyl (C=O) groups is 2. The average molecular weight is 268 g/mol. The van der Waals surface area contributed by atoms with Crippen molar-refractivity contribution in [3.63, 3.8) is 0 Å². The van der Waals surface area contributed by atoms with E-state index >= 15 is 0 Å². The number of aromatic nitrogens is 3. The van der Waals surface area contributed by atoms with Crippen LogP contribution in [-0.2, 0) is 16.1 Å². The number of carbonyl (C=O) groups excluding carboxylic acids is 1. The number of carboxylic acids is 1. The first-order chi connectivity index (χ1) is 9.04. The molecule has 0 fully saturated rings. The lowest BCUT2D eigenvalue weighted by molar-refractivity contribution is -0.149. The van der Waals surface area contributed by atoms with Crippen LogP contribution < -0.4 is 5.32 Å². The summed E-state index contributed by atoms with van der Waals surface area (Å²) in [6.45, 7) is 4.23. The van der Waals surface area contributed by atoms with Crippen LogP contribution >= 0.6 is 0 Å². The van der Waals surface area contributed by atoms with Crippen molar-refractivity contribution in [2.45, 2.75) is 39.7 Å². The van der Waals surface area contributed by atoms with Crippen LogP contribution in [0.5, 0.6) is 0 Å². The fourth-order valence-corrected chi connectivity index (χ4v) is 1.80. The molecule has 0 spiro atoms. The number of hydrogen-bond donors (Lipinski definition) is 2. The van der Waals surface area contributed by atoms with Crippen molar-refractivity contribution in [3.8, 4) is 0 Å². The Balaban J connectivity index is 2.42. The predicted octanol–water partition coefficient (Wildman–Crippen LogP) is 0.675. The summed E-state index contributed by atoms with van der Waals surface area (Å²) in [6.07, 6.45) is 4.17. The van der Waals surface area contributed by atoms with Gasteiger partial charge in [-0.3, -0.25) is 14.3 Å². The van der Waals surface area contributed by atoms with Crippen molar-refractivity contribution in [1.82, 2.24) is 20.1 Å². The van der Waals surface area contributed by atoms with Crippen LogP contribution in [-0.4, -0.2) is 38.3 Å². The van der Waals surface area contributed by atoms with E-state index in [1.807, 2.05) is 13.8 Å². The second-order valence-corrected chi connectivity index (χ2v) is 4.48. The molecule has 0 saturated heterocycles. The summed E-state index contributed by atoms with van der Waals surface area (Å²) in [5.41, 5.74) is -0.872. The smallest absolute Gasteiger partial charge is 0.311 e. The van der Waals surface area contributed by atoms with E-state index in [2.05, 4.69) is 15.4 Å². The predicted molar refractivity (Wildman–Crippen MR) is 68.3 cm³/mol. The van der Waals surface area contributed by atoms with Crippen LogP contribution in [0.2, 0.25) is 0 Å². The molecule has 1 aromatic heterocycles. The molecule has 0 bridgehead atoms. The highest BCUT2D eigenvalue weighted by Gasteiger charge is 2.34. The Labute approximate surface area is 112 Å². The van der Waals surface area contributed by atoms with Crippen LogP contribution in [0.25, 0.3) is 0 Å². The first kappa shape index (κ1) is 15.1. The summed E-state index contributed by atoms with van der Waals surface area (Å²) in [4.78, 5) is 26.7. The third kappa shape index (κ3) is 4.04. The van der Waals surface area contributed by atoms with Crippen molar-refractivity contribution in [1.29, 1.82) is 0 Å². The summed E-state index contributed by atoms with van der Waals surface area (Å²) in [5, 5.41) is 15.8. The van der Waals surface area contributed by atoms with Gasteiger partial charge in [0.25, 0.3) is 0 Å². The van der Waals surface area contributed by atoms with E-state index in [4.69, 9.17) is 0 Å². The fourth-order valence-electron chi connectivity index (χ4n) is 1.80. The molecule has 0 radical (unpaired) electrons. The van der Waals surface area contributed by atoms with Gasteiger partial charge in [-0.05, 0) is 12.8 Å². The van der Waals surface area contributed by atoms with Crippen LogP contribution in [0.1, 0.15) is 33.1 Å². The van der Waals surface area contributed by atoms with Gasteiger partial charge in [-0.1, -0.05) is 13.8 Å². The Morgan fingerprint density at radius 3 is 2.53 bits per heavy atom. The molecule has 7 nitrogen and oxygen atoms in total. The SMILES string of the molecule is CCC(CC)(CNC(=O)CCn1cncn1)C(=O)O. The highest BCUT2D eigenvalue weighted by atomic mass is 16.4. The van der Waals surface area contributed by atoms with E-state index in [0.717, 1.165) is 0 Å². The summed E-state index contributed by atoms with van der Waals surface area (Å²) in [6, 6.07) is 0. The van der Waals surface area contributed by atoms with Gasteiger partial charge in [0, 0.05) is 13.0 Å². The van der Waals surface area contributed by atoms with Gasteiger partial charge in [-0.15, -0.1) is 0 Å². The maximum Gasteiger partial charge on any atom is 0.311 e. The molecule has 0 aliphatic rings. The number of carboxylic acid groups (broad SMARTS) is 1. The summed E-state index contributed by atoms with van der Waals surface area (Å²) in [5.74, 6) is -1.04. The quantitative estimate of drug-likeness (QED) is 0.722. The molecular formula is C12H20N4O3. The van der Waals surface area contributed by atoms with Gasteiger partial charge < -0.3 is 10.4 Å². The number of aliphatic carboxylic acids is 1. The van der Waals surface area contributed by atoms with E-state index < -0.39 is 11.4 Å². The molecule has 0 atom stereocenters. The molecule has 1 aromatic rings. The van der Waals surface area contributed by atoms with Crippen molar-refractivity contribution < 1.29 is 14.7 Å². The molecule has 19 heavy (non-hydrogen) atoms. The molecule has 0 unspecified atom stereocenters. The molecular weight excluding hydrogens is 248 g/mol. The Kier molecular flexibility index (Phi) is 5.47. The van der Waals surface area contributed by atoms with Gasteiger partial charge >= 0.3 is 5.97 Å². The minimum atomic E-state index is -0.872. The Morgan fingerprint density at radius 1 is 1.37 bits per heavy atom. The van der Waals surface area contributed by atoms with E-state index in [1.54, 1.807) is 4.68 Å². The first-order valence-corrected chi connectivity index (χ1v) is 6.36. The zero-order chi connectivity index (χ0) is 14.3. The van der Waals surface area contributed by atoms with Gasteiger partial charge in [0.2, 0.25) is 5.91 Å². The second-order valence-electron chi connectivity index (χ2n) is 4.48. The molecule has 1 rings (SSSR count). The first-order valence-electron chi connectivity index (χ1n) is 6.36. The van der Waals surface area contributed by atoms with E-state index in [1.165, 1.54) is 12.7 Å². The normalized spacial score (nSPS) is 11.3.